The zero-order chi connectivity index (χ0) is 9.10. The maximum absolute atomic E-state index is 2.31. The van der Waals surface area contributed by atoms with Crippen molar-refractivity contribution >= 4 is 0 Å². The van der Waals surface area contributed by atoms with Crippen LogP contribution >= 0.6 is 0 Å². The summed E-state index contributed by atoms with van der Waals surface area (Å²) < 4.78 is 0. The Kier molecular flexibility index (Phi) is 3.29. The first kappa shape index (κ1) is 9.55. The molecule has 0 radical (unpaired) electrons. The fourth-order valence-electron chi connectivity index (χ4n) is 3.45. The molecule has 2 fully saturated rings. The van der Waals surface area contributed by atoms with E-state index in [2.05, 4.69) is 6.92 Å². The molecule has 0 aromatic rings. The lowest BCUT2D eigenvalue weighted by atomic mass is 9.59. The van der Waals surface area contributed by atoms with Gasteiger partial charge in [0.2, 0.25) is 0 Å². The molecule has 2 unspecified atom stereocenters. The summed E-state index contributed by atoms with van der Waals surface area (Å²) in [5.41, 5.74) is 0. The van der Waals surface area contributed by atoms with E-state index < -0.39 is 0 Å². The molecule has 3 atom stereocenters. The third kappa shape index (κ3) is 2.08. The predicted octanol–water partition coefficient (Wildman–Crippen LogP) is 4.39. The Morgan fingerprint density at radius 3 is 2.62 bits per heavy atom. The van der Waals surface area contributed by atoms with Crippen LogP contribution in [0.5, 0.6) is 0 Å². The van der Waals surface area contributed by atoms with Crippen molar-refractivity contribution in [3.8, 4) is 0 Å². The number of hydrogen-bond acceptors (Lipinski definition) is 0. The molecular formula is C13H24. The van der Waals surface area contributed by atoms with E-state index in [1.54, 1.807) is 32.1 Å². The van der Waals surface area contributed by atoms with E-state index in [0.29, 0.717) is 0 Å². The summed E-state index contributed by atoms with van der Waals surface area (Å²) in [4.78, 5) is 0. The molecule has 2 saturated carbocycles. The summed E-state index contributed by atoms with van der Waals surface area (Å²) in [6, 6.07) is 0. The third-order valence-corrected chi connectivity index (χ3v) is 4.41. The lowest BCUT2D eigenvalue weighted by Crippen LogP contribution is -2.36. The van der Waals surface area contributed by atoms with Gasteiger partial charge in [-0.2, -0.15) is 0 Å². The highest BCUT2D eigenvalue weighted by Crippen LogP contribution is 2.49. The van der Waals surface area contributed by atoms with Gasteiger partial charge in [0, 0.05) is 0 Å². The second-order valence-corrected chi connectivity index (χ2v) is 5.19. The van der Waals surface area contributed by atoms with Crippen LogP contribution in [0, 0.1) is 17.8 Å². The molecule has 76 valence electrons. The molecule has 0 bridgehead atoms. The Morgan fingerprint density at radius 2 is 1.92 bits per heavy atom. The van der Waals surface area contributed by atoms with Gasteiger partial charge < -0.3 is 0 Å². The SMILES string of the molecule is CCCCCC1CCCC2CC[C@@H]12. The van der Waals surface area contributed by atoms with Crippen molar-refractivity contribution in [1.82, 2.24) is 0 Å². The number of unbranched alkanes of at least 4 members (excludes halogenated alkanes) is 2. The lowest BCUT2D eigenvalue weighted by molar-refractivity contribution is 0.0466. The third-order valence-electron chi connectivity index (χ3n) is 4.41. The van der Waals surface area contributed by atoms with Crippen molar-refractivity contribution in [2.75, 3.05) is 0 Å². The number of fused-ring (bicyclic) bond motifs is 1. The van der Waals surface area contributed by atoms with E-state index in [1.807, 2.05) is 0 Å². The molecule has 0 aromatic heterocycles. The van der Waals surface area contributed by atoms with Gasteiger partial charge in [0.15, 0.2) is 0 Å². The van der Waals surface area contributed by atoms with Crippen LogP contribution in [-0.4, -0.2) is 0 Å². The molecule has 0 aromatic carbocycles. The average molecular weight is 180 g/mol. The molecule has 0 heteroatoms. The van der Waals surface area contributed by atoms with Crippen LogP contribution in [0.1, 0.15) is 64.7 Å². The monoisotopic (exact) mass is 180 g/mol. The first-order chi connectivity index (χ1) is 6.42. The fourth-order valence-corrected chi connectivity index (χ4v) is 3.45. The molecule has 2 rings (SSSR count). The maximum Gasteiger partial charge on any atom is -0.0357 e. The van der Waals surface area contributed by atoms with E-state index in [4.69, 9.17) is 0 Å². The topological polar surface area (TPSA) is 0 Å². The summed E-state index contributed by atoms with van der Waals surface area (Å²) in [5, 5.41) is 0. The normalized spacial score (nSPS) is 38.1. The van der Waals surface area contributed by atoms with E-state index >= 15 is 0 Å². The van der Waals surface area contributed by atoms with Gasteiger partial charge in [-0.25, -0.2) is 0 Å². The van der Waals surface area contributed by atoms with Crippen LogP contribution in [-0.2, 0) is 0 Å². The van der Waals surface area contributed by atoms with Crippen LogP contribution in [0.4, 0.5) is 0 Å². The van der Waals surface area contributed by atoms with Crippen LogP contribution in [0.3, 0.4) is 0 Å². The Hall–Kier alpha value is 0. The van der Waals surface area contributed by atoms with Crippen LogP contribution in [0.2, 0.25) is 0 Å². The van der Waals surface area contributed by atoms with Crippen molar-refractivity contribution in [1.29, 1.82) is 0 Å². The highest BCUT2D eigenvalue weighted by molar-refractivity contribution is 4.89. The van der Waals surface area contributed by atoms with Crippen LogP contribution in [0.15, 0.2) is 0 Å². The Bertz CT molecular complexity index is 150. The second kappa shape index (κ2) is 4.48. The van der Waals surface area contributed by atoms with Gasteiger partial charge in [0.25, 0.3) is 0 Å². The molecule has 0 saturated heterocycles. The zero-order valence-electron chi connectivity index (χ0n) is 9.10. The van der Waals surface area contributed by atoms with Crippen molar-refractivity contribution < 1.29 is 0 Å². The molecule has 0 spiro atoms. The molecule has 13 heavy (non-hydrogen) atoms. The molecule has 0 amide bonds. The average Bonchev–Trinajstić information content (AvgIpc) is 2.08. The van der Waals surface area contributed by atoms with E-state index in [9.17, 15) is 0 Å². The van der Waals surface area contributed by atoms with Crippen molar-refractivity contribution in [3.63, 3.8) is 0 Å². The summed E-state index contributed by atoms with van der Waals surface area (Å²) in [6.07, 6.45) is 13.7. The van der Waals surface area contributed by atoms with Gasteiger partial charge in [-0.05, 0) is 30.6 Å². The van der Waals surface area contributed by atoms with Gasteiger partial charge in [-0.3, -0.25) is 0 Å². The number of hydrogen-bond donors (Lipinski definition) is 0. The Balaban J connectivity index is 1.71. The van der Waals surface area contributed by atoms with Gasteiger partial charge in [0.1, 0.15) is 0 Å². The molecule has 0 heterocycles. The molecular weight excluding hydrogens is 156 g/mol. The highest BCUT2D eigenvalue weighted by Gasteiger charge is 2.38. The summed E-state index contributed by atoms with van der Waals surface area (Å²) >= 11 is 0. The van der Waals surface area contributed by atoms with Gasteiger partial charge in [-0.15, -0.1) is 0 Å². The zero-order valence-corrected chi connectivity index (χ0v) is 9.10. The fraction of sp³-hybridized carbons (Fsp3) is 1.00. The molecule has 2 aliphatic carbocycles. The molecule has 0 aliphatic heterocycles. The Morgan fingerprint density at radius 1 is 1.00 bits per heavy atom. The van der Waals surface area contributed by atoms with Crippen molar-refractivity contribution in [2.45, 2.75) is 64.7 Å². The van der Waals surface area contributed by atoms with Gasteiger partial charge in [-0.1, -0.05) is 51.9 Å². The van der Waals surface area contributed by atoms with Crippen molar-refractivity contribution in [2.24, 2.45) is 17.8 Å². The predicted molar refractivity (Wildman–Crippen MR) is 57.7 cm³/mol. The lowest BCUT2D eigenvalue weighted by Gasteiger charge is -2.46. The summed E-state index contributed by atoms with van der Waals surface area (Å²) in [7, 11) is 0. The maximum atomic E-state index is 2.31. The standard InChI is InChI=1S/C13H24/c1-2-3-4-6-11-7-5-8-12-9-10-13(11)12/h11-13H,2-10H2,1H3/t11?,12?,13-/m0/s1. The van der Waals surface area contributed by atoms with E-state index in [1.165, 1.54) is 37.5 Å². The summed E-state index contributed by atoms with van der Waals surface area (Å²) in [5.74, 6) is 3.48. The van der Waals surface area contributed by atoms with Crippen LogP contribution in [0.25, 0.3) is 0 Å². The molecule has 0 nitrogen and oxygen atoms in total. The first-order valence-corrected chi connectivity index (χ1v) is 6.42. The molecule has 2 aliphatic rings. The minimum Gasteiger partial charge on any atom is -0.0654 e. The largest absolute Gasteiger partial charge is 0.0654 e. The quantitative estimate of drug-likeness (QED) is 0.563. The number of rotatable bonds is 4. The second-order valence-electron chi connectivity index (χ2n) is 5.19. The van der Waals surface area contributed by atoms with E-state index in [-0.39, 0.29) is 0 Å². The van der Waals surface area contributed by atoms with Gasteiger partial charge in [0.05, 0.1) is 0 Å². The Labute approximate surface area is 83.1 Å². The minimum atomic E-state index is 1.14. The smallest absolute Gasteiger partial charge is 0.0357 e. The van der Waals surface area contributed by atoms with Gasteiger partial charge >= 0.3 is 0 Å². The molecule has 0 N–H and O–H groups in total. The van der Waals surface area contributed by atoms with Crippen molar-refractivity contribution in [3.05, 3.63) is 0 Å². The highest BCUT2D eigenvalue weighted by atomic mass is 14.4. The first-order valence-electron chi connectivity index (χ1n) is 6.42. The minimum absolute atomic E-state index is 1.14. The summed E-state index contributed by atoms with van der Waals surface area (Å²) in [6.45, 7) is 2.31. The van der Waals surface area contributed by atoms with E-state index in [0.717, 1.165) is 5.92 Å². The van der Waals surface area contributed by atoms with Crippen LogP contribution < -0.4 is 0 Å².